The van der Waals surface area contributed by atoms with Crippen LogP contribution >= 0.6 is 0 Å². The summed E-state index contributed by atoms with van der Waals surface area (Å²) in [5.41, 5.74) is 2.64. The lowest BCUT2D eigenvalue weighted by molar-refractivity contribution is -0.151. The van der Waals surface area contributed by atoms with E-state index in [-0.39, 0.29) is 29.7 Å². The predicted octanol–water partition coefficient (Wildman–Crippen LogP) is 9.60. The van der Waals surface area contributed by atoms with E-state index in [1.165, 1.54) is 51.4 Å². The minimum absolute atomic E-state index is 0.000420. The zero-order valence-corrected chi connectivity index (χ0v) is 27.8. The molecule has 4 aliphatic carbocycles. The Balaban J connectivity index is 1.26. The van der Waals surface area contributed by atoms with E-state index < -0.39 is 5.78 Å². The number of ketones is 2. The third kappa shape index (κ3) is 7.15. The van der Waals surface area contributed by atoms with E-state index in [1.807, 2.05) is 0 Å². The van der Waals surface area contributed by atoms with Gasteiger partial charge in [0.05, 0.1) is 0 Å². The van der Waals surface area contributed by atoms with Crippen molar-refractivity contribution in [2.24, 2.45) is 46.3 Å². The molecule has 0 N–H and O–H groups in total. The largest absolute Gasteiger partial charge is 0.462 e. The fraction of sp³-hybridized carbons (Fsp3) is 0.816. The Labute approximate surface area is 256 Å². The van der Waals surface area contributed by atoms with Gasteiger partial charge in [-0.05, 0) is 117 Å². The van der Waals surface area contributed by atoms with E-state index in [0.717, 1.165) is 61.2 Å². The van der Waals surface area contributed by atoms with Crippen LogP contribution in [0, 0.1) is 46.3 Å². The summed E-state index contributed by atoms with van der Waals surface area (Å²) in [6, 6.07) is 0. The number of hydrogen-bond donors (Lipinski definition) is 0. The maximum Gasteiger partial charge on any atom is 0.306 e. The summed E-state index contributed by atoms with van der Waals surface area (Å²) in [4.78, 5) is 36.1. The Morgan fingerprint density at radius 2 is 1.67 bits per heavy atom. The Morgan fingerprint density at radius 3 is 2.38 bits per heavy atom. The van der Waals surface area contributed by atoms with Gasteiger partial charge in [-0.3, -0.25) is 14.4 Å². The van der Waals surface area contributed by atoms with Crippen molar-refractivity contribution in [3.8, 4) is 0 Å². The second-order valence-electron chi connectivity index (χ2n) is 15.7. The molecule has 4 aliphatic rings. The molecular formula is C38H60O4. The van der Waals surface area contributed by atoms with Crippen LogP contribution in [0.25, 0.3) is 0 Å². The number of esters is 1. The lowest BCUT2D eigenvalue weighted by Crippen LogP contribution is -2.51. The monoisotopic (exact) mass is 580 g/mol. The number of carbonyl (C=O) groups excluding carboxylic acids is 3. The molecule has 0 unspecified atom stereocenters. The maximum atomic E-state index is 12.6. The van der Waals surface area contributed by atoms with Gasteiger partial charge in [-0.2, -0.15) is 0 Å². The molecule has 0 bridgehead atoms. The SMILES string of the molecule is C=C(C)C(=O)C(=O)CCCCCC(=O)O[C@H]1CC[C@@]2(C)C(=CC[C@H]3[C@@H]4CC[C@H]([C@H](C)CCCC(C)C)[C@@]4(C)CC[C@@H]32)C1. The molecule has 0 heterocycles. The molecule has 0 aliphatic heterocycles. The van der Waals surface area contributed by atoms with Gasteiger partial charge in [0.1, 0.15) is 6.10 Å². The number of ether oxygens (including phenoxy) is 1. The van der Waals surface area contributed by atoms with Gasteiger partial charge in [-0.15, -0.1) is 0 Å². The van der Waals surface area contributed by atoms with E-state index >= 15 is 0 Å². The summed E-state index contributed by atoms with van der Waals surface area (Å²) < 4.78 is 5.98. The highest BCUT2D eigenvalue weighted by molar-refractivity contribution is 6.43. The first-order valence-electron chi connectivity index (χ1n) is 17.5. The third-order valence-corrected chi connectivity index (χ3v) is 12.5. The van der Waals surface area contributed by atoms with Crippen molar-refractivity contribution >= 4 is 17.5 Å². The van der Waals surface area contributed by atoms with Crippen LogP contribution in [0.1, 0.15) is 144 Å². The first-order valence-corrected chi connectivity index (χ1v) is 17.5. The molecule has 42 heavy (non-hydrogen) atoms. The molecule has 0 aromatic carbocycles. The second-order valence-corrected chi connectivity index (χ2v) is 15.7. The Morgan fingerprint density at radius 1 is 0.929 bits per heavy atom. The number of unbranched alkanes of at least 4 members (excludes halogenated alkanes) is 2. The second kappa shape index (κ2) is 13.9. The third-order valence-electron chi connectivity index (χ3n) is 12.5. The fourth-order valence-corrected chi connectivity index (χ4v) is 10.1. The number of allylic oxidation sites excluding steroid dienone is 2. The molecule has 4 rings (SSSR count). The predicted molar refractivity (Wildman–Crippen MR) is 171 cm³/mol. The highest BCUT2D eigenvalue weighted by atomic mass is 16.5. The molecule has 3 saturated carbocycles. The van der Waals surface area contributed by atoms with Crippen molar-refractivity contribution in [1.29, 1.82) is 0 Å². The smallest absolute Gasteiger partial charge is 0.306 e. The molecule has 0 saturated heterocycles. The molecule has 0 radical (unpaired) electrons. The summed E-state index contributed by atoms with van der Waals surface area (Å²) >= 11 is 0. The lowest BCUT2D eigenvalue weighted by atomic mass is 9.47. The highest BCUT2D eigenvalue weighted by Gasteiger charge is 2.59. The number of Topliss-reactive ketones (excluding diaryl/α,β-unsaturated/α-hetero) is 2. The molecule has 0 amide bonds. The zero-order chi connectivity index (χ0) is 30.7. The summed E-state index contributed by atoms with van der Waals surface area (Å²) in [5.74, 6) is 4.06. The average Bonchev–Trinajstić information content (AvgIpc) is 3.29. The van der Waals surface area contributed by atoms with Crippen LogP contribution in [0.5, 0.6) is 0 Å². The van der Waals surface area contributed by atoms with Gasteiger partial charge in [-0.25, -0.2) is 0 Å². The quantitative estimate of drug-likeness (QED) is 0.0675. The summed E-state index contributed by atoms with van der Waals surface area (Å²) in [6.07, 6.45) is 19.3. The minimum Gasteiger partial charge on any atom is -0.462 e. The maximum absolute atomic E-state index is 12.6. The number of carbonyl (C=O) groups is 3. The van der Waals surface area contributed by atoms with Crippen LogP contribution in [-0.2, 0) is 19.1 Å². The lowest BCUT2D eigenvalue weighted by Gasteiger charge is -2.58. The molecule has 4 nitrogen and oxygen atoms in total. The highest BCUT2D eigenvalue weighted by Crippen LogP contribution is 2.67. The van der Waals surface area contributed by atoms with Crippen molar-refractivity contribution in [3.05, 3.63) is 23.8 Å². The van der Waals surface area contributed by atoms with Gasteiger partial charge in [-0.1, -0.05) is 78.5 Å². The normalized spacial score (nSPS) is 34.5. The number of hydrogen-bond acceptors (Lipinski definition) is 4. The van der Waals surface area contributed by atoms with Crippen LogP contribution in [0.2, 0.25) is 0 Å². The van der Waals surface area contributed by atoms with Crippen molar-refractivity contribution in [2.45, 2.75) is 150 Å². The van der Waals surface area contributed by atoms with Gasteiger partial charge in [0.15, 0.2) is 0 Å². The van der Waals surface area contributed by atoms with Gasteiger partial charge < -0.3 is 4.74 Å². The Kier molecular flexibility index (Phi) is 11.0. The van der Waals surface area contributed by atoms with Crippen molar-refractivity contribution < 1.29 is 19.1 Å². The van der Waals surface area contributed by atoms with E-state index in [0.29, 0.717) is 30.3 Å². The Hall–Kier alpha value is -1.71. The summed E-state index contributed by atoms with van der Waals surface area (Å²) in [6.45, 7) is 17.6. The molecule has 236 valence electrons. The van der Waals surface area contributed by atoms with E-state index in [2.05, 4.69) is 47.3 Å². The molecule has 8 atom stereocenters. The molecule has 0 spiro atoms. The summed E-state index contributed by atoms with van der Waals surface area (Å²) in [7, 11) is 0. The minimum atomic E-state index is -0.473. The molecule has 0 aromatic rings. The summed E-state index contributed by atoms with van der Waals surface area (Å²) in [5, 5.41) is 0. The van der Waals surface area contributed by atoms with Crippen LogP contribution in [0.3, 0.4) is 0 Å². The number of fused-ring (bicyclic) bond motifs is 5. The molecule has 4 heteroatoms. The number of rotatable bonds is 14. The fourth-order valence-electron chi connectivity index (χ4n) is 10.1. The average molecular weight is 581 g/mol. The van der Waals surface area contributed by atoms with Crippen molar-refractivity contribution in [2.75, 3.05) is 0 Å². The first kappa shape index (κ1) is 33.2. The van der Waals surface area contributed by atoms with Gasteiger partial charge in [0.2, 0.25) is 11.6 Å². The van der Waals surface area contributed by atoms with Gasteiger partial charge >= 0.3 is 5.97 Å². The Bertz CT molecular complexity index is 1040. The van der Waals surface area contributed by atoms with Crippen LogP contribution < -0.4 is 0 Å². The van der Waals surface area contributed by atoms with Crippen LogP contribution in [-0.4, -0.2) is 23.6 Å². The van der Waals surface area contributed by atoms with Crippen LogP contribution in [0.4, 0.5) is 0 Å². The standard InChI is InChI=1S/C38H60O4/c1-25(2)12-11-13-27(5)31-18-19-32-30-17-16-28-24-29(20-22-37(28,6)33(30)21-23-38(31,32)7)42-35(40)15-10-8-9-14-34(39)36(41)26(3)4/h16,25,27,29-33H,3,8-15,17-24H2,1-2,4-7H3/t27-,29+,30+,31-,32+,33+,37+,38-/m1/s1. The van der Waals surface area contributed by atoms with Gasteiger partial charge in [0.25, 0.3) is 0 Å². The topological polar surface area (TPSA) is 60.4 Å². The van der Waals surface area contributed by atoms with Crippen molar-refractivity contribution in [3.63, 3.8) is 0 Å². The molecule has 3 fully saturated rings. The van der Waals surface area contributed by atoms with Crippen molar-refractivity contribution in [1.82, 2.24) is 0 Å². The zero-order valence-electron chi connectivity index (χ0n) is 27.8. The molecular weight excluding hydrogens is 520 g/mol. The van der Waals surface area contributed by atoms with Gasteiger partial charge in [0, 0.05) is 19.3 Å². The van der Waals surface area contributed by atoms with E-state index in [9.17, 15) is 14.4 Å². The first-order chi connectivity index (χ1) is 19.9. The van der Waals surface area contributed by atoms with E-state index in [4.69, 9.17) is 4.74 Å². The van der Waals surface area contributed by atoms with E-state index in [1.54, 1.807) is 12.5 Å². The molecule has 0 aromatic heterocycles. The van der Waals surface area contributed by atoms with Crippen LogP contribution in [0.15, 0.2) is 23.8 Å².